The maximum atomic E-state index is 12.5. The molecule has 134 valence electrons. The molecule has 5 nitrogen and oxygen atoms in total. The summed E-state index contributed by atoms with van der Waals surface area (Å²) in [6.07, 6.45) is 1.75. The van der Waals surface area contributed by atoms with E-state index in [9.17, 15) is 4.79 Å². The van der Waals surface area contributed by atoms with Gasteiger partial charge < -0.3 is 10.1 Å². The van der Waals surface area contributed by atoms with Crippen molar-refractivity contribution in [3.8, 4) is 11.4 Å². The lowest BCUT2D eigenvalue weighted by Crippen LogP contribution is -2.26. The maximum absolute atomic E-state index is 12.5. The van der Waals surface area contributed by atoms with Crippen molar-refractivity contribution in [1.82, 2.24) is 15.1 Å². The molecule has 1 aromatic heterocycles. The molecule has 0 saturated heterocycles. The molecule has 6 heteroatoms. The summed E-state index contributed by atoms with van der Waals surface area (Å²) in [5.74, 6) is 0.643. The van der Waals surface area contributed by atoms with E-state index in [4.69, 9.17) is 4.74 Å². The third kappa shape index (κ3) is 3.80. The number of hydrogen-bond acceptors (Lipinski definition) is 3. The molecule has 0 aliphatic rings. The number of nitrogens with zero attached hydrogens (tertiary/aromatic N) is 2. The van der Waals surface area contributed by atoms with Crippen LogP contribution >= 0.6 is 15.9 Å². The highest BCUT2D eigenvalue weighted by molar-refractivity contribution is 9.10. The lowest BCUT2D eigenvalue weighted by Gasteiger charge is -2.16. The van der Waals surface area contributed by atoms with E-state index in [2.05, 4.69) is 26.3 Å². The van der Waals surface area contributed by atoms with Crippen LogP contribution in [0, 0.1) is 6.92 Å². The highest BCUT2D eigenvalue weighted by atomic mass is 79.9. The number of rotatable bonds is 5. The number of methoxy groups -OCH3 is 1. The quantitative estimate of drug-likeness (QED) is 0.672. The van der Waals surface area contributed by atoms with E-state index in [1.807, 2.05) is 67.1 Å². The molecule has 1 unspecified atom stereocenters. The SMILES string of the molecule is COc1ccc(C(C)NC(=O)c2ccc(-n3nccc3C)cc2)cc1Br. The van der Waals surface area contributed by atoms with Crippen LogP contribution < -0.4 is 10.1 Å². The number of amides is 1. The lowest BCUT2D eigenvalue weighted by atomic mass is 10.1. The molecule has 2 aromatic carbocycles. The van der Waals surface area contributed by atoms with E-state index < -0.39 is 0 Å². The van der Waals surface area contributed by atoms with Gasteiger partial charge in [0.1, 0.15) is 5.75 Å². The van der Waals surface area contributed by atoms with Crippen molar-refractivity contribution in [2.75, 3.05) is 7.11 Å². The third-order valence-electron chi connectivity index (χ3n) is 4.23. The Kier molecular flexibility index (Phi) is 5.42. The number of nitrogens with one attached hydrogen (secondary N) is 1. The van der Waals surface area contributed by atoms with Gasteiger partial charge in [0, 0.05) is 17.5 Å². The maximum Gasteiger partial charge on any atom is 0.251 e. The summed E-state index contributed by atoms with van der Waals surface area (Å²) < 4.78 is 7.93. The summed E-state index contributed by atoms with van der Waals surface area (Å²) in [5, 5.41) is 7.29. The summed E-state index contributed by atoms with van der Waals surface area (Å²) in [7, 11) is 1.62. The van der Waals surface area contributed by atoms with Gasteiger partial charge in [0.25, 0.3) is 5.91 Å². The summed E-state index contributed by atoms with van der Waals surface area (Å²) >= 11 is 3.47. The first-order valence-corrected chi connectivity index (χ1v) is 9.04. The number of carbonyl (C=O) groups is 1. The van der Waals surface area contributed by atoms with Gasteiger partial charge in [-0.25, -0.2) is 4.68 Å². The molecule has 1 heterocycles. The van der Waals surface area contributed by atoms with Crippen molar-refractivity contribution in [3.63, 3.8) is 0 Å². The van der Waals surface area contributed by atoms with Gasteiger partial charge in [-0.2, -0.15) is 5.10 Å². The third-order valence-corrected chi connectivity index (χ3v) is 4.85. The standard InChI is InChI=1S/C20H20BrN3O2/c1-13-10-11-22-24(13)17-7-4-15(5-8-17)20(25)23-14(2)16-6-9-19(26-3)18(21)12-16/h4-12,14H,1-3H3,(H,23,25). The van der Waals surface area contributed by atoms with Crippen molar-refractivity contribution in [2.24, 2.45) is 0 Å². The molecule has 0 radical (unpaired) electrons. The van der Waals surface area contributed by atoms with Crippen LogP contribution in [0.3, 0.4) is 0 Å². The van der Waals surface area contributed by atoms with Gasteiger partial charge in [-0.05, 0) is 77.8 Å². The van der Waals surface area contributed by atoms with Crippen LogP contribution in [0.4, 0.5) is 0 Å². The molecule has 0 spiro atoms. The average Bonchev–Trinajstić information content (AvgIpc) is 3.07. The molecule has 0 saturated carbocycles. The minimum atomic E-state index is -0.127. The van der Waals surface area contributed by atoms with Crippen molar-refractivity contribution in [2.45, 2.75) is 19.9 Å². The second kappa shape index (κ2) is 7.74. The Labute approximate surface area is 161 Å². The van der Waals surface area contributed by atoms with Crippen LogP contribution in [0.5, 0.6) is 5.75 Å². The normalized spacial score (nSPS) is 11.8. The van der Waals surface area contributed by atoms with Crippen molar-refractivity contribution < 1.29 is 9.53 Å². The highest BCUT2D eigenvalue weighted by Gasteiger charge is 2.13. The van der Waals surface area contributed by atoms with Gasteiger partial charge in [-0.1, -0.05) is 6.07 Å². The van der Waals surface area contributed by atoms with Crippen molar-refractivity contribution in [1.29, 1.82) is 0 Å². The van der Waals surface area contributed by atoms with Gasteiger partial charge in [0.05, 0.1) is 23.3 Å². The van der Waals surface area contributed by atoms with Crippen LogP contribution in [0.25, 0.3) is 5.69 Å². The molecular weight excluding hydrogens is 394 g/mol. The van der Waals surface area contributed by atoms with Crippen LogP contribution in [0.2, 0.25) is 0 Å². The van der Waals surface area contributed by atoms with E-state index in [0.717, 1.165) is 27.2 Å². The number of aromatic nitrogens is 2. The number of carbonyl (C=O) groups excluding carboxylic acids is 1. The molecule has 1 atom stereocenters. The fourth-order valence-electron chi connectivity index (χ4n) is 2.71. The zero-order valence-electron chi connectivity index (χ0n) is 14.9. The summed E-state index contributed by atoms with van der Waals surface area (Å²) in [6.45, 7) is 3.94. The fourth-order valence-corrected chi connectivity index (χ4v) is 3.27. The molecule has 0 aliphatic heterocycles. The van der Waals surface area contributed by atoms with E-state index >= 15 is 0 Å². The summed E-state index contributed by atoms with van der Waals surface area (Å²) in [4.78, 5) is 12.5. The summed E-state index contributed by atoms with van der Waals surface area (Å²) in [6, 6.07) is 15.0. The molecule has 1 N–H and O–H groups in total. The topological polar surface area (TPSA) is 56.1 Å². The highest BCUT2D eigenvalue weighted by Crippen LogP contribution is 2.28. The minimum Gasteiger partial charge on any atom is -0.496 e. The first-order valence-electron chi connectivity index (χ1n) is 8.25. The van der Waals surface area contributed by atoms with Gasteiger partial charge >= 0.3 is 0 Å². The summed E-state index contributed by atoms with van der Waals surface area (Å²) in [5.41, 5.74) is 3.57. The second-order valence-electron chi connectivity index (χ2n) is 6.02. The largest absolute Gasteiger partial charge is 0.496 e. The Bertz CT molecular complexity index is 919. The molecule has 0 fully saturated rings. The number of benzene rings is 2. The fraction of sp³-hybridized carbons (Fsp3) is 0.200. The first kappa shape index (κ1) is 18.2. The van der Waals surface area contributed by atoms with E-state index in [1.165, 1.54) is 0 Å². The molecule has 0 aliphatic carbocycles. The molecule has 3 rings (SSSR count). The Hall–Kier alpha value is -2.60. The van der Waals surface area contributed by atoms with Crippen LogP contribution in [-0.2, 0) is 0 Å². The van der Waals surface area contributed by atoms with Crippen LogP contribution in [0.1, 0.15) is 34.6 Å². The molecule has 3 aromatic rings. The second-order valence-corrected chi connectivity index (χ2v) is 6.87. The average molecular weight is 414 g/mol. The zero-order valence-corrected chi connectivity index (χ0v) is 16.4. The van der Waals surface area contributed by atoms with Gasteiger partial charge in [-0.15, -0.1) is 0 Å². The van der Waals surface area contributed by atoms with Crippen LogP contribution in [0.15, 0.2) is 59.2 Å². The monoisotopic (exact) mass is 413 g/mol. The van der Waals surface area contributed by atoms with Crippen molar-refractivity contribution >= 4 is 21.8 Å². The molecule has 1 amide bonds. The number of ether oxygens (including phenoxy) is 1. The molecule has 26 heavy (non-hydrogen) atoms. The van der Waals surface area contributed by atoms with E-state index in [-0.39, 0.29) is 11.9 Å². The zero-order chi connectivity index (χ0) is 18.7. The predicted molar refractivity (Wildman–Crippen MR) is 105 cm³/mol. The van der Waals surface area contributed by atoms with Crippen molar-refractivity contribution in [3.05, 3.63) is 76.0 Å². The predicted octanol–water partition coefficient (Wildman–Crippen LogP) is 4.44. The number of halogens is 1. The Morgan fingerprint density at radius 2 is 1.92 bits per heavy atom. The van der Waals surface area contributed by atoms with Gasteiger partial charge in [-0.3, -0.25) is 4.79 Å². The van der Waals surface area contributed by atoms with Crippen LogP contribution in [-0.4, -0.2) is 22.8 Å². The van der Waals surface area contributed by atoms with Gasteiger partial charge in [0.2, 0.25) is 0 Å². The Morgan fingerprint density at radius 3 is 2.50 bits per heavy atom. The number of aryl methyl sites for hydroxylation is 1. The smallest absolute Gasteiger partial charge is 0.251 e. The van der Waals surface area contributed by atoms with E-state index in [1.54, 1.807) is 13.3 Å². The first-order chi connectivity index (χ1) is 12.5. The number of hydrogen-bond donors (Lipinski definition) is 1. The molecule has 0 bridgehead atoms. The Balaban J connectivity index is 1.71. The lowest BCUT2D eigenvalue weighted by molar-refractivity contribution is 0.0940. The van der Waals surface area contributed by atoms with E-state index in [0.29, 0.717) is 5.56 Å². The minimum absolute atomic E-state index is 0.117. The van der Waals surface area contributed by atoms with Gasteiger partial charge in [0.15, 0.2) is 0 Å². The Morgan fingerprint density at radius 1 is 1.19 bits per heavy atom. The molecular formula is C20H20BrN3O2.